The predicted molar refractivity (Wildman–Crippen MR) is 62.7 cm³/mol. The van der Waals surface area contributed by atoms with E-state index in [0.717, 1.165) is 11.6 Å². The average molecular weight is 252 g/mol. The number of para-hydroxylation sites is 1. The highest BCUT2D eigenvalue weighted by atomic mass is 19.4. The molecule has 0 saturated heterocycles. The van der Waals surface area contributed by atoms with Gasteiger partial charge in [-0.15, -0.1) is 0 Å². The molecule has 1 nitrogen and oxygen atoms in total. The van der Waals surface area contributed by atoms with E-state index in [9.17, 15) is 13.2 Å². The summed E-state index contributed by atoms with van der Waals surface area (Å²) >= 11 is 0. The van der Waals surface area contributed by atoms with Crippen molar-refractivity contribution in [3.63, 3.8) is 0 Å². The minimum atomic E-state index is -4.42. The number of aryl methyl sites for hydroxylation is 1. The Bertz CT molecular complexity index is 529. The number of alkyl halides is 3. The zero-order valence-electron chi connectivity index (χ0n) is 9.66. The second-order valence-corrected chi connectivity index (χ2v) is 3.91. The fourth-order valence-corrected chi connectivity index (χ4v) is 1.52. The first-order valence-corrected chi connectivity index (χ1v) is 5.37. The van der Waals surface area contributed by atoms with Gasteiger partial charge in [-0.3, -0.25) is 0 Å². The molecule has 2 aromatic carbocycles. The highest BCUT2D eigenvalue weighted by molar-refractivity contribution is 5.39. The van der Waals surface area contributed by atoms with Gasteiger partial charge in [-0.05, 0) is 31.2 Å². The van der Waals surface area contributed by atoms with Crippen LogP contribution in [0.15, 0.2) is 48.5 Å². The van der Waals surface area contributed by atoms with Gasteiger partial charge in [0.1, 0.15) is 11.5 Å². The lowest BCUT2D eigenvalue weighted by Gasteiger charge is -2.13. The average Bonchev–Trinajstić information content (AvgIpc) is 2.31. The summed E-state index contributed by atoms with van der Waals surface area (Å²) < 4.78 is 43.5. The van der Waals surface area contributed by atoms with Crippen LogP contribution < -0.4 is 4.74 Å². The van der Waals surface area contributed by atoms with Crippen LogP contribution in [-0.4, -0.2) is 0 Å². The van der Waals surface area contributed by atoms with Gasteiger partial charge in [0.25, 0.3) is 0 Å². The van der Waals surface area contributed by atoms with E-state index in [2.05, 4.69) is 0 Å². The Balaban J connectivity index is 2.32. The Kier molecular flexibility index (Phi) is 3.28. The summed E-state index contributed by atoms with van der Waals surface area (Å²) in [7, 11) is 0. The molecule has 2 aromatic rings. The molecule has 0 aromatic heterocycles. The van der Waals surface area contributed by atoms with Crippen molar-refractivity contribution in [1.82, 2.24) is 0 Å². The van der Waals surface area contributed by atoms with E-state index < -0.39 is 11.7 Å². The topological polar surface area (TPSA) is 9.23 Å². The summed E-state index contributed by atoms with van der Waals surface area (Å²) in [5.41, 5.74) is 0.247. The molecule has 94 valence electrons. The Labute approximate surface area is 103 Å². The number of ether oxygens (including phenoxy) is 1. The van der Waals surface area contributed by atoms with Crippen molar-refractivity contribution in [2.75, 3.05) is 0 Å². The molecule has 0 aliphatic heterocycles. The molecule has 0 aliphatic carbocycles. The van der Waals surface area contributed by atoms with Crippen LogP contribution in [0.2, 0.25) is 0 Å². The Morgan fingerprint density at radius 1 is 0.889 bits per heavy atom. The Hall–Kier alpha value is -1.97. The number of rotatable bonds is 2. The van der Waals surface area contributed by atoms with Crippen molar-refractivity contribution in [2.24, 2.45) is 0 Å². The summed E-state index contributed by atoms with van der Waals surface area (Å²) in [6, 6.07) is 12.0. The van der Waals surface area contributed by atoms with Crippen molar-refractivity contribution in [2.45, 2.75) is 13.1 Å². The van der Waals surface area contributed by atoms with E-state index in [1.54, 1.807) is 24.3 Å². The second kappa shape index (κ2) is 4.72. The van der Waals surface area contributed by atoms with E-state index in [1.165, 1.54) is 18.2 Å². The molecule has 4 heteroatoms. The lowest BCUT2D eigenvalue weighted by atomic mass is 10.2. The molecule has 2 rings (SSSR count). The third kappa shape index (κ3) is 2.83. The lowest BCUT2D eigenvalue weighted by Crippen LogP contribution is -2.06. The van der Waals surface area contributed by atoms with Crippen LogP contribution in [0.3, 0.4) is 0 Å². The highest BCUT2D eigenvalue weighted by Crippen LogP contribution is 2.37. The molecular weight excluding hydrogens is 241 g/mol. The summed E-state index contributed by atoms with van der Waals surface area (Å²) in [5.74, 6) is 0.200. The molecule has 0 heterocycles. The van der Waals surface area contributed by atoms with Crippen LogP contribution in [0.5, 0.6) is 11.5 Å². The van der Waals surface area contributed by atoms with Gasteiger partial charge >= 0.3 is 6.18 Å². The summed E-state index contributed by atoms with van der Waals surface area (Å²) in [5, 5.41) is 0. The number of halogens is 3. The molecule has 0 saturated carbocycles. The molecule has 0 radical (unpaired) electrons. The third-order valence-corrected chi connectivity index (χ3v) is 2.44. The van der Waals surface area contributed by atoms with E-state index in [0.29, 0.717) is 5.75 Å². The maximum absolute atomic E-state index is 12.7. The van der Waals surface area contributed by atoms with Gasteiger partial charge in [-0.2, -0.15) is 13.2 Å². The zero-order valence-corrected chi connectivity index (χ0v) is 9.66. The van der Waals surface area contributed by atoms with Gasteiger partial charge in [0, 0.05) is 0 Å². The first kappa shape index (κ1) is 12.5. The molecule has 0 N–H and O–H groups in total. The van der Waals surface area contributed by atoms with Crippen LogP contribution in [0.1, 0.15) is 11.1 Å². The molecule has 0 atom stereocenters. The molecular formula is C14H11F3O. The molecule has 0 bridgehead atoms. The molecule has 0 fully saturated rings. The Morgan fingerprint density at radius 2 is 1.50 bits per heavy atom. The summed E-state index contributed by atoms with van der Waals surface area (Å²) in [4.78, 5) is 0. The van der Waals surface area contributed by atoms with Crippen LogP contribution >= 0.6 is 0 Å². The fraction of sp³-hybridized carbons (Fsp3) is 0.143. The van der Waals surface area contributed by atoms with Gasteiger partial charge in [0.2, 0.25) is 0 Å². The standard InChI is InChI=1S/C14H11F3O/c1-10-6-8-11(9-7-10)18-13-5-3-2-4-12(13)14(15,16)17/h2-9H,1H3. The first-order valence-electron chi connectivity index (χ1n) is 5.37. The van der Waals surface area contributed by atoms with Gasteiger partial charge in [0.05, 0.1) is 5.56 Å². The van der Waals surface area contributed by atoms with E-state index in [-0.39, 0.29) is 5.75 Å². The molecule has 0 unspecified atom stereocenters. The minimum absolute atomic E-state index is 0.186. The number of benzene rings is 2. The molecule has 0 spiro atoms. The normalized spacial score (nSPS) is 11.3. The SMILES string of the molecule is Cc1ccc(Oc2ccccc2C(F)(F)F)cc1. The maximum atomic E-state index is 12.7. The quantitative estimate of drug-likeness (QED) is 0.745. The van der Waals surface area contributed by atoms with Gasteiger partial charge in [0.15, 0.2) is 0 Å². The van der Waals surface area contributed by atoms with Crippen LogP contribution in [0.25, 0.3) is 0 Å². The van der Waals surface area contributed by atoms with Crippen LogP contribution in [-0.2, 0) is 6.18 Å². The van der Waals surface area contributed by atoms with Gasteiger partial charge < -0.3 is 4.74 Å². The van der Waals surface area contributed by atoms with E-state index >= 15 is 0 Å². The monoisotopic (exact) mass is 252 g/mol. The lowest BCUT2D eigenvalue weighted by molar-refractivity contribution is -0.138. The number of hydrogen-bond donors (Lipinski definition) is 0. The summed E-state index contributed by atoms with van der Waals surface area (Å²) in [6.07, 6.45) is -4.42. The first-order chi connectivity index (χ1) is 8.47. The van der Waals surface area contributed by atoms with Crippen molar-refractivity contribution in [3.05, 3.63) is 59.7 Å². The summed E-state index contributed by atoms with van der Waals surface area (Å²) in [6.45, 7) is 1.90. The van der Waals surface area contributed by atoms with Gasteiger partial charge in [-0.25, -0.2) is 0 Å². The van der Waals surface area contributed by atoms with Crippen LogP contribution in [0, 0.1) is 6.92 Å². The highest BCUT2D eigenvalue weighted by Gasteiger charge is 2.34. The maximum Gasteiger partial charge on any atom is 0.419 e. The largest absolute Gasteiger partial charge is 0.457 e. The Morgan fingerprint density at radius 3 is 2.11 bits per heavy atom. The second-order valence-electron chi connectivity index (χ2n) is 3.91. The van der Waals surface area contributed by atoms with Crippen LogP contribution in [0.4, 0.5) is 13.2 Å². The van der Waals surface area contributed by atoms with Crippen molar-refractivity contribution in [1.29, 1.82) is 0 Å². The molecule has 0 amide bonds. The van der Waals surface area contributed by atoms with E-state index in [4.69, 9.17) is 4.74 Å². The predicted octanol–water partition coefficient (Wildman–Crippen LogP) is 4.81. The van der Waals surface area contributed by atoms with Crippen molar-refractivity contribution < 1.29 is 17.9 Å². The van der Waals surface area contributed by atoms with E-state index in [1.807, 2.05) is 6.92 Å². The fourth-order valence-electron chi connectivity index (χ4n) is 1.52. The smallest absolute Gasteiger partial charge is 0.419 e. The third-order valence-electron chi connectivity index (χ3n) is 2.44. The minimum Gasteiger partial charge on any atom is -0.457 e. The van der Waals surface area contributed by atoms with Crippen molar-refractivity contribution in [3.8, 4) is 11.5 Å². The van der Waals surface area contributed by atoms with Gasteiger partial charge in [-0.1, -0.05) is 29.8 Å². The zero-order chi connectivity index (χ0) is 13.2. The molecule has 18 heavy (non-hydrogen) atoms. The molecule has 0 aliphatic rings. The van der Waals surface area contributed by atoms with Crippen molar-refractivity contribution >= 4 is 0 Å². The number of hydrogen-bond acceptors (Lipinski definition) is 1.